The smallest absolute Gasteiger partial charge is 0.191 e. The second-order valence-electron chi connectivity index (χ2n) is 7.90. The van der Waals surface area contributed by atoms with Gasteiger partial charge in [-0.05, 0) is 56.2 Å². The van der Waals surface area contributed by atoms with Crippen molar-refractivity contribution in [2.45, 2.75) is 56.0 Å². The first-order chi connectivity index (χ1) is 12.2. The third-order valence-corrected chi connectivity index (χ3v) is 6.04. The summed E-state index contributed by atoms with van der Waals surface area (Å²) in [6.07, 6.45) is 7.38. The predicted octanol–water partition coefficient (Wildman–Crippen LogP) is 2.65. The Balaban J connectivity index is 1.28. The van der Waals surface area contributed by atoms with Gasteiger partial charge in [-0.2, -0.15) is 0 Å². The Morgan fingerprint density at radius 1 is 1.24 bits per heavy atom. The van der Waals surface area contributed by atoms with E-state index >= 15 is 0 Å². The largest absolute Gasteiger partial charge is 0.356 e. The van der Waals surface area contributed by atoms with E-state index in [4.69, 9.17) is 0 Å². The SMILES string of the molecule is CN=C(NCC1(c2cccc(F)c2)CC1)NC1CCN(C2CC2)CC1. The first kappa shape index (κ1) is 16.8. The molecule has 3 fully saturated rings. The van der Waals surface area contributed by atoms with Gasteiger partial charge in [0, 0.05) is 44.2 Å². The fraction of sp³-hybridized carbons (Fsp3) is 0.650. The summed E-state index contributed by atoms with van der Waals surface area (Å²) < 4.78 is 13.5. The maximum Gasteiger partial charge on any atom is 0.191 e. The minimum Gasteiger partial charge on any atom is -0.356 e. The van der Waals surface area contributed by atoms with E-state index in [0.29, 0.717) is 6.04 Å². The summed E-state index contributed by atoms with van der Waals surface area (Å²) >= 11 is 0. The normalized spacial score (nSPS) is 24.2. The first-order valence-corrected chi connectivity index (χ1v) is 9.66. The Morgan fingerprint density at radius 2 is 2.00 bits per heavy atom. The standard InChI is InChI=1S/C20H29FN4/c1-22-19(24-17-7-11-25(12-8-17)18-5-6-18)23-14-20(9-10-20)15-3-2-4-16(21)13-15/h2-4,13,17-18H,5-12,14H2,1H3,(H2,22,23,24). The Hall–Kier alpha value is -1.62. The van der Waals surface area contributed by atoms with Gasteiger partial charge in [0.15, 0.2) is 5.96 Å². The molecule has 4 rings (SSSR count). The zero-order valence-corrected chi connectivity index (χ0v) is 15.1. The van der Waals surface area contributed by atoms with Crippen molar-refractivity contribution in [3.05, 3.63) is 35.6 Å². The number of piperidine rings is 1. The lowest BCUT2D eigenvalue weighted by Crippen LogP contribution is -2.50. The van der Waals surface area contributed by atoms with Crippen molar-refractivity contribution >= 4 is 5.96 Å². The molecule has 0 amide bonds. The van der Waals surface area contributed by atoms with Gasteiger partial charge in [0.2, 0.25) is 0 Å². The van der Waals surface area contributed by atoms with Gasteiger partial charge in [-0.3, -0.25) is 4.99 Å². The molecular formula is C20H29FN4. The molecule has 0 unspecified atom stereocenters. The lowest BCUT2D eigenvalue weighted by atomic mass is 9.96. The summed E-state index contributed by atoms with van der Waals surface area (Å²) in [6.45, 7) is 3.22. The van der Waals surface area contributed by atoms with Crippen molar-refractivity contribution in [3.8, 4) is 0 Å². The molecule has 1 heterocycles. The van der Waals surface area contributed by atoms with Crippen LogP contribution in [0.2, 0.25) is 0 Å². The summed E-state index contributed by atoms with van der Waals surface area (Å²) in [5.74, 6) is 0.737. The molecule has 2 aliphatic carbocycles. The van der Waals surface area contributed by atoms with Gasteiger partial charge >= 0.3 is 0 Å². The van der Waals surface area contributed by atoms with Crippen molar-refractivity contribution in [2.24, 2.45) is 4.99 Å². The van der Waals surface area contributed by atoms with Gasteiger partial charge in [-0.1, -0.05) is 12.1 Å². The lowest BCUT2D eigenvalue weighted by Gasteiger charge is -2.33. The number of nitrogens with one attached hydrogen (secondary N) is 2. The van der Waals surface area contributed by atoms with Crippen LogP contribution in [-0.4, -0.2) is 49.6 Å². The van der Waals surface area contributed by atoms with Crippen molar-refractivity contribution in [1.82, 2.24) is 15.5 Å². The number of nitrogens with zero attached hydrogens (tertiary/aromatic N) is 2. The summed E-state index contributed by atoms with van der Waals surface area (Å²) in [5, 5.41) is 7.07. The van der Waals surface area contributed by atoms with Gasteiger partial charge in [-0.15, -0.1) is 0 Å². The molecule has 25 heavy (non-hydrogen) atoms. The number of guanidine groups is 1. The molecule has 2 N–H and O–H groups in total. The summed E-state index contributed by atoms with van der Waals surface area (Å²) in [6, 6.07) is 8.43. The molecule has 0 spiro atoms. The Kier molecular flexibility index (Phi) is 4.67. The van der Waals surface area contributed by atoms with Crippen LogP contribution < -0.4 is 10.6 Å². The van der Waals surface area contributed by atoms with Crippen LogP contribution in [0.25, 0.3) is 0 Å². The third-order valence-electron chi connectivity index (χ3n) is 6.04. The van der Waals surface area contributed by atoms with E-state index in [9.17, 15) is 4.39 Å². The van der Waals surface area contributed by atoms with E-state index in [0.717, 1.165) is 37.0 Å². The highest BCUT2D eigenvalue weighted by molar-refractivity contribution is 5.80. The van der Waals surface area contributed by atoms with Gasteiger partial charge in [-0.25, -0.2) is 4.39 Å². The quantitative estimate of drug-likeness (QED) is 0.637. The molecule has 1 aromatic carbocycles. The fourth-order valence-corrected chi connectivity index (χ4v) is 4.03. The Labute approximate surface area is 149 Å². The van der Waals surface area contributed by atoms with E-state index in [1.165, 1.54) is 44.8 Å². The van der Waals surface area contributed by atoms with Crippen LogP contribution in [0.4, 0.5) is 4.39 Å². The number of benzene rings is 1. The summed E-state index contributed by atoms with van der Waals surface area (Å²) in [4.78, 5) is 7.03. The van der Waals surface area contributed by atoms with Crippen LogP contribution in [0.3, 0.4) is 0 Å². The molecule has 136 valence electrons. The average Bonchev–Trinajstić information content (AvgIpc) is 3.54. The number of hydrogen-bond acceptors (Lipinski definition) is 2. The van der Waals surface area contributed by atoms with E-state index in [1.807, 2.05) is 19.2 Å². The maximum absolute atomic E-state index is 13.5. The molecule has 2 saturated carbocycles. The van der Waals surface area contributed by atoms with Crippen LogP contribution in [0.5, 0.6) is 0 Å². The fourth-order valence-electron chi connectivity index (χ4n) is 4.03. The van der Waals surface area contributed by atoms with Crippen molar-refractivity contribution in [2.75, 3.05) is 26.7 Å². The van der Waals surface area contributed by atoms with Gasteiger partial charge < -0.3 is 15.5 Å². The first-order valence-electron chi connectivity index (χ1n) is 9.66. The highest BCUT2D eigenvalue weighted by atomic mass is 19.1. The molecule has 1 saturated heterocycles. The number of aliphatic imine (C=N–C) groups is 1. The van der Waals surface area contributed by atoms with Crippen LogP contribution >= 0.6 is 0 Å². The van der Waals surface area contributed by atoms with Gasteiger partial charge in [0.25, 0.3) is 0 Å². The number of likely N-dealkylation sites (tertiary alicyclic amines) is 1. The monoisotopic (exact) mass is 344 g/mol. The highest BCUT2D eigenvalue weighted by Crippen LogP contribution is 2.47. The number of halogens is 1. The summed E-state index contributed by atoms with van der Waals surface area (Å²) in [7, 11) is 1.83. The van der Waals surface area contributed by atoms with Crippen molar-refractivity contribution < 1.29 is 4.39 Å². The molecular weight excluding hydrogens is 315 g/mol. The van der Waals surface area contributed by atoms with E-state index < -0.39 is 0 Å². The van der Waals surface area contributed by atoms with Crippen LogP contribution in [0.15, 0.2) is 29.3 Å². The number of hydrogen-bond donors (Lipinski definition) is 2. The molecule has 0 atom stereocenters. The van der Waals surface area contributed by atoms with Crippen molar-refractivity contribution in [1.29, 1.82) is 0 Å². The molecule has 1 aromatic rings. The zero-order valence-electron chi connectivity index (χ0n) is 15.1. The minimum atomic E-state index is -0.145. The second-order valence-corrected chi connectivity index (χ2v) is 7.90. The Morgan fingerprint density at radius 3 is 2.60 bits per heavy atom. The Bertz CT molecular complexity index is 628. The molecule has 3 aliphatic rings. The molecule has 4 nitrogen and oxygen atoms in total. The zero-order chi connectivity index (χ0) is 17.3. The summed E-state index contributed by atoms with van der Waals surface area (Å²) in [5.41, 5.74) is 1.18. The van der Waals surface area contributed by atoms with Gasteiger partial charge in [0.05, 0.1) is 0 Å². The van der Waals surface area contributed by atoms with Gasteiger partial charge in [0.1, 0.15) is 5.82 Å². The predicted molar refractivity (Wildman–Crippen MR) is 99.4 cm³/mol. The van der Waals surface area contributed by atoms with E-state index in [-0.39, 0.29) is 11.2 Å². The van der Waals surface area contributed by atoms with E-state index in [2.05, 4.69) is 20.5 Å². The van der Waals surface area contributed by atoms with Crippen LogP contribution in [0, 0.1) is 5.82 Å². The lowest BCUT2D eigenvalue weighted by molar-refractivity contribution is 0.197. The third kappa shape index (κ3) is 3.97. The maximum atomic E-state index is 13.5. The molecule has 0 aromatic heterocycles. The average molecular weight is 344 g/mol. The minimum absolute atomic E-state index is 0.0784. The molecule has 0 bridgehead atoms. The van der Waals surface area contributed by atoms with E-state index in [1.54, 1.807) is 6.07 Å². The highest BCUT2D eigenvalue weighted by Gasteiger charge is 2.44. The van der Waals surface area contributed by atoms with Crippen LogP contribution in [-0.2, 0) is 5.41 Å². The van der Waals surface area contributed by atoms with Crippen molar-refractivity contribution in [3.63, 3.8) is 0 Å². The number of rotatable bonds is 5. The molecule has 1 aliphatic heterocycles. The topological polar surface area (TPSA) is 39.7 Å². The molecule has 0 radical (unpaired) electrons. The molecule has 5 heteroatoms. The second kappa shape index (κ2) is 6.94. The van der Waals surface area contributed by atoms with Crippen LogP contribution in [0.1, 0.15) is 44.1 Å².